The Balaban J connectivity index is 1.45. The van der Waals surface area contributed by atoms with Crippen LogP contribution in [0.3, 0.4) is 0 Å². The van der Waals surface area contributed by atoms with Gasteiger partial charge in [-0.3, -0.25) is 9.69 Å². The Morgan fingerprint density at radius 3 is 2.80 bits per heavy atom. The van der Waals surface area contributed by atoms with Crippen LogP contribution < -0.4 is 0 Å². The average Bonchev–Trinajstić information content (AvgIpc) is 3.36. The minimum Gasteiger partial charge on any atom is -0.468 e. The van der Waals surface area contributed by atoms with Gasteiger partial charge in [0.2, 0.25) is 0 Å². The topological polar surface area (TPSA) is 41.6 Å². The highest BCUT2D eigenvalue weighted by atomic mass is 32.1. The van der Waals surface area contributed by atoms with Crippen LogP contribution >= 0.6 is 11.3 Å². The zero-order valence-corrected chi connectivity index (χ0v) is 14.6. The van der Waals surface area contributed by atoms with Crippen molar-refractivity contribution in [3.05, 3.63) is 70.6 Å². The summed E-state index contributed by atoms with van der Waals surface area (Å²) in [6.07, 6.45) is 3.76. The highest BCUT2D eigenvalue weighted by Crippen LogP contribution is 2.35. The molecule has 5 nitrogen and oxygen atoms in total. The molecule has 0 radical (unpaired) electrons. The number of furan rings is 1. The zero-order valence-electron chi connectivity index (χ0n) is 13.7. The predicted octanol–water partition coefficient (Wildman–Crippen LogP) is 3.22. The lowest BCUT2D eigenvalue weighted by Crippen LogP contribution is -2.49. The highest BCUT2D eigenvalue weighted by Gasteiger charge is 2.45. The van der Waals surface area contributed by atoms with Gasteiger partial charge in [0, 0.05) is 24.2 Å². The number of carbonyl (C=O) groups excluding carboxylic acids is 1. The van der Waals surface area contributed by atoms with Crippen LogP contribution in [-0.2, 0) is 13.1 Å². The van der Waals surface area contributed by atoms with Crippen molar-refractivity contribution in [2.24, 2.45) is 0 Å². The van der Waals surface area contributed by atoms with Crippen molar-refractivity contribution in [3.8, 4) is 0 Å². The second-order valence-corrected chi connectivity index (χ2v) is 7.75. The average molecular weight is 353 g/mol. The van der Waals surface area contributed by atoms with Gasteiger partial charge < -0.3 is 13.9 Å². The summed E-state index contributed by atoms with van der Waals surface area (Å²) in [5.41, 5.74) is 0.803. The summed E-state index contributed by atoms with van der Waals surface area (Å²) in [5.74, 6) is 1.11. The van der Waals surface area contributed by atoms with E-state index in [4.69, 9.17) is 4.42 Å². The van der Waals surface area contributed by atoms with Gasteiger partial charge in [0.05, 0.1) is 31.4 Å². The minimum atomic E-state index is 0.138. The molecular formula is C19H19N3O2S. The quantitative estimate of drug-likeness (QED) is 0.723. The van der Waals surface area contributed by atoms with Crippen molar-refractivity contribution in [2.75, 3.05) is 13.1 Å². The zero-order chi connectivity index (χ0) is 16.8. The Bertz CT molecular complexity index is 869. The molecule has 1 fully saturated rings. The third-order valence-corrected chi connectivity index (χ3v) is 6.08. The van der Waals surface area contributed by atoms with E-state index >= 15 is 0 Å². The Hall–Kier alpha value is -2.31. The van der Waals surface area contributed by atoms with Crippen LogP contribution in [0.2, 0.25) is 0 Å². The number of hydrogen-bond acceptors (Lipinski definition) is 4. The maximum Gasteiger partial charge on any atom is 0.271 e. The molecule has 2 aliphatic heterocycles. The van der Waals surface area contributed by atoms with E-state index in [0.29, 0.717) is 12.6 Å². The van der Waals surface area contributed by atoms with E-state index in [1.165, 1.54) is 4.88 Å². The summed E-state index contributed by atoms with van der Waals surface area (Å²) in [4.78, 5) is 18.7. The monoisotopic (exact) mass is 353 g/mol. The van der Waals surface area contributed by atoms with Gasteiger partial charge in [-0.05, 0) is 35.7 Å². The molecule has 0 aromatic carbocycles. The molecule has 6 heteroatoms. The van der Waals surface area contributed by atoms with E-state index in [-0.39, 0.29) is 11.9 Å². The number of amides is 1. The van der Waals surface area contributed by atoms with Crippen molar-refractivity contribution in [3.63, 3.8) is 0 Å². The molecule has 0 N–H and O–H groups in total. The van der Waals surface area contributed by atoms with E-state index in [1.54, 1.807) is 17.6 Å². The molecule has 0 aliphatic carbocycles. The molecule has 0 unspecified atom stereocenters. The third-order valence-electron chi connectivity index (χ3n) is 5.22. The fourth-order valence-electron chi connectivity index (χ4n) is 4.10. The van der Waals surface area contributed by atoms with E-state index < -0.39 is 0 Å². The maximum absolute atomic E-state index is 13.0. The van der Waals surface area contributed by atoms with Crippen LogP contribution in [0.5, 0.6) is 0 Å². The summed E-state index contributed by atoms with van der Waals surface area (Å²) in [5, 5.41) is 2.07. The first-order chi connectivity index (χ1) is 12.3. The van der Waals surface area contributed by atoms with Gasteiger partial charge in [-0.25, -0.2) is 0 Å². The Kier molecular flexibility index (Phi) is 3.53. The highest BCUT2D eigenvalue weighted by molar-refractivity contribution is 7.09. The summed E-state index contributed by atoms with van der Waals surface area (Å²) in [6, 6.07) is 12.5. The Morgan fingerprint density at radius 1 is 1.08 bits per heavy atom. The fourth-order valence-corrected chi connectivity index (χ4v) is 4.80. The molecule has 3 aromatic rings. The number of carbonyl (C=O) groups is 1. The molecule has 2 aliphatic rings. The smallest absolute Gasteiger partial charge is 0.271 e. The van der Waals surface area contributed by atoms with Crippen molar-refractivity contribution in [1.29, 1.82) is 0 Å². The second kappa shape index (κ2) is 5.89. The summed E-state index contributed by atoms with van der Waals surface area (Å²) in [6.45, 7) is 3.29. The van der Waals surface area contributed by atoms with Gasteiger partial charge in [0.1, 0.15) is 11.5 Å². The van der Waals surface area contributed by atoms with E-state index in [9.17, 15) is 4.79 Å². The van der Waals surface area contributed by atoms with Crippen LogP contribution in [0, 0.1) is 0 Å². The molecule has 2 atom stereocenters. The molecule has 0 bridgehead atoms. The molecule has 0 spiro atoms. The van der Waals surface area contributed by atoms with Gasteiger partial charge in [-0.2, -0.15) is 0 Å². The number of fused-ring (bicyclic) bond motifs is 3. The van der Waals surface area contributed by atoms with Crippen molar-refractivity contribution >= 4 is 17.2 Å². The largest absolute Gasteiger partial charge is 0.468 e. The molecule has 25 heavy (non-hydrogen) atoms. The van der Waals surface area contributed by atoms with Gasteiger partial charge in [0.15, 0.2) is 0 Å². The van der Waals surface area contributed by atoms with Crippen molar-refractivity contribution in [1.82, 2.24) is 14.4 Å². The van der Waals surface area contributed by atoms with Gasteiger partial charge >= 0.3 is 0 Å². The Morgan fingerprint density at radius 2 is 2.00 bits per heavy atom. The number of likely N-dealkylation sites (tertiary alicyclic amines) is 1. The molecule has 5 heterocycles. The number of aromatic nitrogens is 1. The summed E-state index contributed by atoms with van der Waals surface area (Å²) >= 11 is 1.71. The van der Waals surface area contributed by atoms with Gasteiger partial charge in [0.25, 0.3) is 5.91 Å². The first kappa shape index (κ1) is 15.0. The molecule has 5 rings (SSSR count). The van der Waals surface area contributed by atoms with Crippen LogP contribution in [0.15, 0.2) is 58.7 Å². The van der Waals surface area contributed by atoms with Crippen LogP contribution in [-0.4, -0.2) is 39.4 Å². The molecule has 3 aromatic heterocycles. The standard InChI is InChI=1S/C19H19N3O2S/c23-19-16-6-1-7-21(16)17-12-20(10-14-4-2-8-24-14)13-18(17)22(19)11-15-5-3-9-25-15/h1-9,17-18H,10-13H2/t17-,18+/m0/s1. The van der Waals surface area contributed by atoms with Gasteiger partial charge in [-0.15, -0.1) is 11.3 Å². The van der Waals surface area contributed by atoms with Crippen LogP contribution in [0.4, 0.5) is 0 Å². The number of thiophene rings is 1. The molecule has 0 saturated carbocycles. The number of nitrogens with zero attached hydrogens (tertiary/aromatic N) is 3. The first-order valence-corrected chi connectivity index (χ1v) is 9.42. The van der Waals surface area contributed by atoms with Crippen LogP contribution in [0.25, 0.3) is 0 Å². The Labute approximate surface area is 150 Å². The maximum atomic E-state index is 13.0. The van der Waals surface area contributed by atoms with Gasteiger partial charge in [-0.1, -0.05) is 6.07 Å². The fraction of sp³-hybridized carbons (Fsp3) is 0.316. The van der Waals surface area contributed by atoms with E-state index in [1.807, 2.05) is 36.5 Å². The minimum absolute atomic E-state index is 0.138. The third kappa shape index (κ3) is 2.53. The second-order valence-electron chi connectivity index (χ2n) is 6.72. The van der Waals surface area contributed by atoms with Crippen LogP contribution in [0.1, 0.15) is 27.2 Å². The van der Waals surface area contributed by atoms with Crippen molar-refractivity contribution in [2.45, 2.75) is 25.2 Å². The molecular weight excluding hydrogens is 334 g/mol. The molecule has 1 saturated heterocycles. The lowest BCUT2D eigenvalue weighted by atomic mass is 10.1. The SMILES string of the molecule is O=C1c2cccn2[C@H]2CN(Cc3ccco3)C[C@H]2N1Cc1cccs1. The summed E-state index contributed by atoms with van der Waals surface area (Å²) in [7, 11) is 0. The predicted molar refractivity (Wildman–Crippen MR) is 95.4 cm³/mol. The molecule has 1 amide bonds. The lowest BCUT2D eigenvalue weighted by molar-refractivity contribution is 0.0559. The lowest BCUT2D eigenvalue weighted by Gasteiger charge is -2.38. The van der Waals surface area contributed by atoms with E-state index in [2.05, 4.69) is 25.8 Å². The first-order valence-electron chi connectivity index (χ1n) is 8.54. The van der Waals surface area contributed by atoms with E-state index in [0.717, 1.165) is 31.1 Å². The number of rotatable bonds is 4. The molecule has 128 valence electrons. The summed E-state index contributed by atoms with van der Waals surface area (Å²) < 4.78 is 7.68. The normalized spacial score (nSPS) is 23.0. The number of hydrogen-bond donors (Lipinski definition) is 0. The van der Waals surface area contributed by atoms with Crippen molar-refractivity contribution < 1.29 is 9.21 Å².